The highest BCUT2D eigenvalue weighted by molar-refractivity contribution is 6.18. The first-order valence-corrected chi connectivity index (χ1v) is 3.75. The van der Waals surface area contributed by atoms with Crippen molar-refractivity contribution in [1.29, 1.82) is 0 Å². The molecule has 3 nitrogen and oxygen atoms in total. The molecule has 0 rings (SSSR count). The van der Waals surface area contributed by atoms with E-state index in [1.54, 1.807) is 0 Å². The molecule has 0 aliphatic heterocycles. The number of carboxylic acid groups (broad SMARTS) is 1. The molecule has 1 unspecified atom stereocenters. The highest BCUT2D eigenvalue weighted by atomic mass is 35.5. The van der Waals surface area contributed by atoms with E-state index in [2.05, 4.69) is 0 Å². The van der Waals surface area contributed by atoms with Crippen LogP contribution in [0.3, 0.4) is 0 Å². The topological polar surface area (TPSA) is 57.5 Å². The van der Waals surface area contributed by atoms with Crippen molar-refractivity contribution in [3.8, 4) is 0 Å². The molecule has 1 atom stereocenters. The Kier molecular flexibility index (Phi) is 4.90. The number of aliphatic hydroxyl groups is 1. The van der Waals surface area contributed by atoms with Gasteiger partial charge in [0.2, 0.25) is 0 Å². The number of hydrogen-bond acceptors (Lipinski definition) is 2. The van der Waals surface area contributed by atoms with Crippen molar-refractivity contribution in [2.45, 2.75) is 19.4 Å². The van der Waals surface area contributed by atoms with Crippen molar-refractivity contribution in [2.75, 3.05) is 5.88 Å². The van der Waals surface area contributed by atoms with Crippen molar-refractivity contribution in [3.63, 3.8) is 0 Å². The maximum absolute atomic E-state index is 10.2. The first-order chi connectivity index (χ1) is 5.07. The molecule has 11 heavy (non-hydrogen) atoms. The van der Waals surface area contributed by atoms with E-state index in [1.807, 2.05) is 0 Å². The van der Waals surface area contributed by atoms with Gasteiger partial charge in [-0.1, -0.05) is 6.08 Å². The molecule has 0 radical (unpaired) electrons. The highest BCUT2D eigenvalue weighted by Gasteiger charge is 2.02. The summed E-state index contributed by atoms with van der Waals surface area (Å²) in [7, 11) is 0. The van der Waals surface area contributed by atoms with E-state index in [1.165, 1.54) is 13.0 Å². The zero-order valence-corrected chi connectivity index (χ0v) is 7.01. The molecule has 0 saturated carbocycles. The zero-order chi connectivity index (χ0) is 8.85. The van der Waals surface area contributed by atoms with E-state index in [0.717, 1.165) is 0 Å². The smallest absolute Gasteiger partial charge is 0.330 e. The van der Waals surface area contributed by atoms with Crippen LogP contribution < -0.4 is 0 Å². The lowest BCUT2D eigenvalue weighted by molar-refractivity contribution is -0.132. The maximum atomic E-state index is 10.2. The van der Waals surface area contributed by atoms with Crippen molar-refractivity contribution >= 4 is 17.6 Å². The van der Waals surface area contributed by atoms with Crippen LogP contribution in [0.1, 0.15) is 13.3 Å². The van der Waals surface area contributed by atoms with Crippen LogP contribution in [-0.2, 0) is 4.79 Å². The Labute approximate surface area is 70.3 Å². The summed E-state index contributed by atoms with van der Waals surface area (Å²) < 4.78 is 0. The number of carbonyl (C=O) groups is 1. The van der Waals surface area contributed by atoms with Crippen LogP contribution in [0.15, 0.2) is 11.6 Å². The van der Waals surface area contributed by atoms with Crippen molar-refractivity contribution in [2.24, 2.45) is 0 Å². The molecule has 0 amide bonds. The second-order valence-electron chi connectivity index (χ2n) is 2.24. The predicted molar refractivity (Wildman–Crippen MR) is 42.7 cm³/mol. The standard InChI is InChI=1S/C7H11ClO3/c1-5(7(10)11)2-3-6(9)4-8/h2,6,9H,3-4H2,1H3,(H,10,11)/b5-2+. The first kappa shape index (κ1) is 10.5. The molecule has 0 aromatic carbocycles. The van der Waals surface area contributed by atoms with E-state index in [-0.39, 0.29) is 11.5 Å². The van der Waals surface area contributed by atoms with Crippen LogP contribution >= 0.6 is 11.6 Å². The second-order valence-corrected chi connectivity index (χ2v) is 2.54. The summed E-state index contributed by atoms with van der Waals surface area (Å²) in [6.07, 6.45) is 1.10. The number of aliphatic carboxylic acids is 1. The minimum atomic E-state index is -0.966. The molecule has 0 bridgehead atoms. The molecule has 0 aromatic heterocycles. The Balaban J connectivity index is 3.82. The maximum Gasteiger partial charge on any atom is 0.330 e. The summed E-state index contributed by atoms with van der Waals surface area (Å²) in [4.78, 5) is 10.2. The lowest BCUT2D eigenvalue weighted by Crippen LogP contribution is -2.07. The van der Waals surface area contributed by atoms with Crippen molar-refractivity contribution in [3.05, 3.63) is 11.6 Å². The first-order valence-electron chi connectivity index (χ1n) is 3.22. The van der Waals surface area contributed by atoms with E-state index in [4.69, 9.17) is 21.8 Å². The molecule has 0 aromatic rings. The minimum absolute atomic E-state index is 0.128. The lowest BCUT2D eigenvalue weighted by atomic mass is 10.2. The summed E-state index contributed by atoms with van der Waals surface area (Å²) >= 11 is 5.29. The highest BCUT2D eigenvalue weighted by Crippen LogP contribution is 2.00. The molecule has 0 fully saturated rings. The van der Waals surface area contributed by atoms with E-state index < -0.39 is 12.1 Å². The Hall–Kier alpha value is -0.540. The van der Waals surface area contributed by atoms with Gasteiger partial charge in [0.15, 0.2) is 0 Å². The predicted octanol–water partition coefficient (Wildman–Crippen LogP) is 1.01. The third-order valence-corrected chi connectivity index (χ3v) is 1.57. The average molecular weight is 179 g/mol. The largest absolute Gasteiger partial charge is 0.478 e. The van der Waals surface area contributed by atoms with Gasteiger partial charge >= 0.3 is 5.97 Å². The van der Waals surface area contributed by atoms with Crippen molar-refractivity contribution < 1.29 is 15.0 Å². The Bertz CT molecular complexity index is 165. The molecule has 0 aliphatic carbocycles. The molecule has 64 valence electrons. The molecule has 0 aliphatic rings. The van der Waals surface area contributed by atoms with Crippen LogP contribution in [0.5, 0.6) is 0 Å². The van der Waals surface area contributed by atoms with Gasteiger partial charge in [-0.25, -0.2) is 4.79 Å². The molecule has 0 saturated heterocycles. The molecule has 2 N–H and O–H groups in total. The number of halogens is 1. The Morgan fingerprint density at radius 1 is 1.73 bits per heavy atom. The monoisotopic (exact) mass is 178 g/mol. The van der Waals surface area contributed by atoms with Gasteiger partial charge in [0.1, 0.15) is 0 Å². The fourth-order valence-electron chi connectivity index (χ4n) is 0.463. The number of alkyl halides is 1. The van der Waals surface area contributed by atoms with Crippen LogP contribution in [0, 0.1) is 0 Å². The lowest BCUT2D eigenvalue weighted by Gasteiger charge is -2.01. The van der Waals surface area contributed by atoms with Gasteiger partial charge < -0.3 is 10.2 Å². The van der Waals surface area contributed by atoms with Crippen LogP contribution in [0.2, 0.25) is 0 Å². The van der Waals surface area contributed by atoms with Gasteiger partial charge in [0.05, 0.1) is 6.10 Å². The fourth-order valence-corrected chi connectivity index (χ4v) is 0.589. The fraction of sp³-hybridized carbons (Fsp3) is 0.571. The molecule has 0 spiro atoms. The third kappa shape index (κ3) is 4.81. The quantitative estimate of drug-likeness (QED) is 0.499. The summed E-state index contributed by atoms with van der Waals surface area (Å²) in [6.45, 7) is 1.48. The van der Waals surface area contributed by atoms with Gasteiger partial charge in [-0.2, -0.15) is 0 Å². The van der Waals surface area contributed by atoms with Gasteiger partial charge in [0, 0.05) is 11.5 Å². The summed E-state index contributed by atoms with van der Waals surface area (Å²) in [5.41, 5.74) is 0.231. The summed E-state index contributed by atoms with van der Waals surface area (Å²) in [6, 6.07) is 0. The average Bonchev–Trinajstić information content (AvgIpc) is 1.99. The van der Waals surface area contributed by atoms with Gasteiger partial charge in [-0.05, 0) is 13.3 Å². The molecular weight excluding hydrogens is 168 g/mol. The van der Waals surface area contributed by atoms with Gasteiger partial charge in [-0.3, -0.25) is 0 Å². The second kappa shape index (κ2) is 5.16. The molecule has 4 heteroatoms. The Morgan fingerprint density at radius 2 is 2.27 bits per heavy atom. The number of aliphatic hydroxyl groups excluding tert-OH is 1. The van der Waals surface area contributed by atoms with Crippen LogP contribution in [0.25, 0.3) is 0 Å². The third-order valence-electron chi connectivity index (χ3n) is 1.21. The normalized spacial score (nSPS) is 14.6. The van der Waals surface area contributed by atoms with E-state index in [0.29, 0.717) is 6.42 Å². The van der Waals surface area contributed by atoms with Crippen LogP contribution in [0.4, 0.5) is 0 Å². The number of hydrogen-bond donors (Lipinski definition) is 2. The Morgan fingerprint density at radius 3 is 2.64 bits per heavy atom. The SMILES string of the molecule is C/C(=C\CC(O)CCl)C(=O)O. The molecule has 0 heterocycles. The number of rotatable bonds is 4. The van der Waals surface area contributed by atoms with Crippen LogP contribution in [-0.4, -0.2) is 28.2 Å². The summed E-state index contributed by atoms with van der Waals surface area (Å²) in [5, 5.41) is 17.3. The molecular formula is C7H11ClO3. The van der Waals surface area contributed by atoms with Gasteiger partial charge in [0.25, 0.3) is 0 Å². The van der Waals surface area contributed by atoms with E-state index >= 15 is 0 Å². The zero-order valence-electron chi connectivity index (χ0n) is 6.25. The van der Waals surface area contributed by atoms with Crippen molar-refractivity contribution in [1.82, 2.24) is 0 Å². The van der Waals surface area contributed by atoms with Gasteiger partial charge in [-0.15, -0.1) is 11.6 Å². The summed E-state index contributed by atoms with van der Waals surface area (Å²) in [5.74, 6) is -0.838. The number of carboxylic acids is 1. The van der Waals surface area contributed by atoms with E-state index in [9.17, 15) is 4.79 Å². The minimum Gasteiger partial charge on any atom is -0.478 e.